The zero-order valence-electron chi connectivity index (χ0n) is 29.7. The summed E-state index contributed by atoms with van der Waals surface area (Å²) >= 11 is 0. The molecule has 0 spiro atoms. The maximum Gasteiger partial charge on any atom is 0.242 e. The van der Waals surface area contributed by atoms with Crippen LogP contribution < -0.4 is 10.0 Å². The molecule has 52 heavy (non-hydrogen) atoms. The van der Waals surface area contributed by atoms with Crippen LogP contribution in [-0.4, -0.2) is 55.6 Å². The van der Waals surface area contributed by atoms with Crippen molar-refractivity contribution in [1.82, 2.24) is 9.62 Å². The van der Waals surface area contributed by atoms with Crippen LogP contribution in [0.25, 0.3) is 0 Å². The van der Waals surface area contributed by atoms with Crippen molar-refractivity contribution in [2.45, 2.75) is 87.5 Å². The maximum atomic E-state index is 13.7. The summed E-state index contributed by atoms with van der Waals surface area (Å²) < 4.78 is 42.5. The molecule has 0 radical (unpaired) electrons. The van der Waals surface area contributed by atoms with Gasteiger partial charge in [0.25, 0.3) is 0 Å². The Kier molecular flexibility index (Phi) is 12.7. The Labute approximate surface area is 307 Å². The molecule has 6 rings (SSSR count). The van der Waals surface area contributed by atoms with E-state index in [-0.39, 0.29) is 30.1 Å². The lowest BCUT2D eigenvalue weighted by molar-refractivity contribution is -0.253. The smallest absolute Gasteiger partial charge is 0.242 e. The molecule has 10 heteroatoms. The van der Waals surface area contributed by atoms with Gasteiger partial charge in [-0.3, -0.25) is 9.69 Å². The van der Waals surface area contributed by atoms with Gasteiger partial charge in [0.1, 0.15) is 6.04 Å². The number of benzene rings is 4. The molecular weight excluding hydrogens is 675 g/mol. The fourth-order valence-corrected chi connectivity index (χ4v) is 8.26. The molecule has 1 amide bonds. The van der Waals surface area contributed by atoms with Gasteiger partial charge in [0, 0.05) is 36.8 Å². The predicted octanol–water partition coefficient (Wildman–Crippen LogP) is 6.99. The van der Waals surface area contributed by atoms with E-state index in [9.17, 15) is 18.3 Å². The molecule has 0 bridgehead atoms. The minimum absolute atomic E-state index is 0.0213. The van der Waals surface area contributed by atoms with Gasteiger partial charge in [-0.25, -0.2) is 8.42 Å². The van der Waals surface area contributed by atoms with Crippen LogP contribution in [0.2, 0.25) is 0 Å². The lowest BCUT2D eigenvalue weighted by Crippen LogP contribution is -2.45. The predicted molar refractivity (Wildman–Crippen MR) is 203 cm³/mol. The number of sulfonamides is 1. The zero-order valence-corrected chi connectivity index (χ0v) is 30.5. The average molecular weight is 724 g/mol. The van der Waals surface area contributed by atoms with Crippen molar-refractivity contribution in [2.75, 3.05) is 18.4 Å². The van der Waals surface area contributed by atoms with E-state index < -0.39 is 28.3 Å². The van der Waals surface area contributed by atoms with E-state index in [0.717, 1.165) is 40.9 Å². The van der Waals surface area contributed by atoms with Crippen LogP contribution in [0.5, 0.6) is 0 Å². The van der Waals surface area contributed by atoms with Crippen molar-refractivity contribution < 1.29 is 27.8 Å². The highest BCUT2D eigenvalue weighted by atomic mass is 32.2. The standard InChI is InChI=1S/C42H49N3O6S/c1-3-25-45(36-11-7-8-12-36)28-37-27-40(33-17-15-32(29-46)16-18-33)51-42(50-37)34-19-21-35(22-20-34)43-41(47)39(26-31-9-5-4-6-10-31)44-52(48,49)38-23-13-30(2)14-24-38/h3-6,9-10,13-24,36-37,39-40,42,44,46H,1,7-8,11-12,25-29H2,2H3,(H,43,47). The van der Waals surface area contributed by atoms with Gasteiger partial charge in [-0.15, -0.1) is 6.58 Å². The van der Waals surface area contributed by atoms with Crippen molar-refractivity contribution in [1.29, 1.82) is 0 Å². The van der Waals surface area contributed by atoms with Crippen molar-refractivity contribution in [3.05, 3.63) is 144 Å². The summed E-state index contributed by atoms with van der Waals surface area (Å²) in [6, 6.07) is 30.5. The summed E-state index contributed by atoms with van der Waals surface area (Å²) in [6.45, 7) is 7.43. The van der Waals surface area contributed by atoms with Crippen LogP contribution in [0.4, 0.5) is 5.69 Å². The molecule has 1 aliphatic carbocycles. The van der Waals surface area contributed by atoms with E-state index in [2.05, 4.69) is 21.5 Å². The second-order valence-corrected chi connectivity index (χ2v) is 15.5. The van der Waals surface area contributed by atoms with Crippen LogP contribution >= 0.6 is 0 Å². The molecule has 4 aromatic rings. The van der Waals surface area contributed by atoms with Gasteiger partial charge >= 0.3 is 0 Å². The second-order valence-electron chi connectivity index (χ2n) is 13.8. The highest BCUT2D eigenvalue weighted by Crippen LogP contribution is 2.39. The average Bonchev–Trinajstić information content (AvgIpc) is 3.71. The number of rotatable bonds is 15. The summed E-state index contributed by atoms with van der Waals surface area (Å²) in [5, 5.41) is 12.5. The number of aliphatic hydroxyl groups is 1. The van der Waals surface area contributed by atoms with Crippen molar-refractivity contribution in [2.24, 2.45) is 0 Å². The molecular formula is C42H49N3O6S. The molecule has 1 aliphatic heterocycles. The first-order chi connectivity index (χ1) is 25.2. The molecule has 4 unspecified atom stereocenters. The third-order valence-electron chi connectivity index (χ3n) is 9.94. The van der Waals surface area contributed by atoms with Gasteiger partial charge < -0.3 is 19.9 Å². The summed E-state index contributed by atoms with van der Waals surface area (Å²) in [5.41, 5.74) is 4.94. The van der Waals surface area contributed by atoms with Gasteiger partial charge in [-0.05, 0) is 67.1 Å². The molecule has 2 aliphatic rings. The molecule has 4 aromatic carbocycles. The number of aliphatic hydroxyl groups excluding tert-OH is 1. The first-order valence-electron chi connectivity index (χ1n) is 18.1. The summed E-state index contributed by atoms with van der Waals surface area (Å²) in [5.74, 6) is -0.474. The number of nitrogens with zero attached hydrogens (tertiary/aromatic N) is 1. The minimum Gasteiger partial charge on any atom is -0.392 e. The molecule has 1 saturated heterocycles. The molecule has 9 nitrogen and oxygen atoms in total. The number of nitrogens with one attached hydrogen (secondary N) is 2. The summed E-state index contributed by atoms with van der Waals surface area (Å²) in [7, 11) is -3.98. The van der Waals surface area contributed by atoms with Gasteiger partial charge in [0.05, 0.1) is 23.7 Å². The Morgan fingerprint density at radius 3 is 2.23 bits per heavy atom. The Balaban J connectivity index is 1.19. The molecule has 2 fully saturated rings. The number of amides is 1. The van der Waals surface area contributed by atoms with Crippen molar-refractivity contribution >= 4 is 21.6 Å². The minimum atomic E-state index is -3.98. The van der Waals surface area contributed by atoms with Gasteiger partial charge in [-0.1, -0.05) is 103 Å². The number of carbonyl (C=O) groups is 1. The first-order valence-corrected chi connectivity index (χ1v) is 19.6. The highest BCUT2D eigenvalue weighted by molar-refractivity contribution is 7.89. The first kappa shape index (κ1) is 37.6. The third-order valence-corrected chi connectivity index (χ3v) is 11.4. The van der Waals surface area contributed by atoms with E-state index in [1.165, 1.54) is 37.8 Å². The zero-order chi connectivity index (χ0) is 36.5. The number of anilines is 1. The van der Waals surface area contributed by atoms with E-state index >= 15 is 0 Å². The lowest BCUT2D eigenvalue weighted by atomic mass is 9.99. The second kappa shape index (κ2) is 17.6. The Hall–Kier alpha value is -4.16. The molecule has 4 atom stereocenters. The SMILES string of the molecule is C=CCN(CC1CC(c2ccc(CO)cc2)OC(c2ccc(NC(=O)C(Cc3ccccc3)NS(=O)(=O)c3ccc(C)cc3)cc2)O1)C1CCCC1. The monoisotopic (exact) mass is 723 g/mol. The van der Waals surface area contributed by atoms with E-state index in [0.29, 0.717) is 18.2 Å². The molecule has 3 N–H and O–H groups in total. The summed E-state index contributed by atoms with van der Waals surface area (Å²) in [6.07, 6.45) is 6.70. The number of ether oxygens (including phenoxy) is 2. The Bertz CT molecular complexity index is 1860. The quantitative estimate of drug-likeness (QED) is 0.113. The molecule has 1 saturated carbocycles. The van der Waals surface area contributed by atoms with Crippen molar-refractivity contribution in [3.8, 4) is 0 Å². The van der Waals surface area contributed by atoms with Crippen LogP contribution in [0.3, 0.4) is 0 Å². The fourth-order valence-electron chi connectivity index (χ4n) is 7.07. The van der Waals surface area contributed by atoms with Crippen molar-refractivity contribution in [3.63, 3.8) is 0 Å². The Morgan fingerprint density at radius 1 is 0.904 bits per heavy atom. The number of hydrogen-bond donors (Lipinski definition) is 3. The fraction of sp³-hybridized carbons (Fsp3) is 0.357. The largest absolute Gasteiger partial charge is 0.392 e. The topological polar surface area (TPSA) is 117 Å². The number of carbonyl (C=O) groups excluding carboxylic acids is 1. The highest BCUT2D eigenvalue weighted by Gasteiger charge is 2.35. The van der Waals surface area contributed by atoms with E-state index in [1.54, 1.807) is 24.3 Å². The molecule has 1 heterocycles. The van der Waals surface area contributed by atoms with E-state index in [4.69, 9.17) is 9.47 Å². The van der Waals surface area contributed by atoms with Crippen LogP contribution in [0.15, 0.2) is 121 Å². The lowest BCUT2D eigenvalue weighted by Gasteiger charge is -2.39. The number of aryl methyl sites for hydroxylation is 1. The normalized spacial score (nSPS) is 20.1. The summed E-state index contributed by atoms with van der Waals surface area (Å²) in [4.78, 5) is 16.3. The van der Waals surface area contributed by atoms with Gasteiger partial charge in [-0.2, -0.15) is 4.72 Å². The van der Waals surface area contributed by atoms with Gasteiger partial charge in [0.15, 0.2) is 6.29 Å². The Morgan fingerprint density at radius 2 is 1.58 bits per heavy atom. The molecule has 274 valence electrons. The molecule has 0 aromatic heterocycles. The van der Waals surface area contributed by atoms with Gasteiger partial charge in [0.2, 0.25) is 15.9 Å². The number of hydrogen-bond acceptors (Lipinski definition) is 7. The van der Waals surface area contributed by atoms with E-state index in [1.807, 2.05) is 79.7 Å². The third kappa shape index (κ3) is 9.83. The van der Waals surface area contributed by atoms with Crippen LogP contribution in [0, 0.1) is 6.92 Å². The van der Waals surface area contributed by atoms with Crippen LogP contribution in [0.1, 0.15) is 72.3 Å². The maximum absolute atomic E-state index is 13.7. The van der Waals surface area contributed by atoms with Crippen LogP contribution in [-0.2, 0) is 37.3 Å².